The predicted molar refractivity (Wildman–Crippen MR) is 44.8 cm³/mol. The molecule has 0 fully saturated rings. The van der Waals surface area contributed by atoms with Crippen molar-refractivity contribution in [2.45, 2.75) is 19.8 Å². The van der Waals surface area contributed by atoms with Crippen LogP contribution in [0.15, 0.2) is 12.2 Å². The largest absolute Gasteiger partial charge is 0.270 e. The quantitative estimate of drug-likeness (QED) is 0.362. The molecule has 0 bridgehead atoms. The molecule has 0 aliphatic carbocycles. The molecule has 0 heterocycles. The van der Waals surface area contributed by atoms with Crippen molar-refractivity contribution in [3.05, 3.63) is 12.2 Å². The molecule has 0 atom stereocenters. The second-order valence-electron chi connectivity index (χ2n) is 2.19. The van der Waals surface area contributed by atoms with Crippen molar-refractivity contribution in [1.82, 2.24) is 0 Å². The van der Waals surface area contributed by atoms with Gasteiger partial charge in [0, 0.05) is 0 Å². The summed E-state index contributed by atoms with van der Waals surface area (Å²) in [6.45, 7) is 2.27. The lowest BCUT2D eigenvalue weighted by molar-refractivity contribution is 0.328. The van der Waals surface area contributed by atoms with Crippen LogP contribution in [0, 0.1) is 0 Å². The minimum absolute atomic E-state index is 0.245. The summed E-state index contributed by atoms with van der Waals surface area (Å²) < 4.78 is 25.3. The fourth-order valence-corrected chi connectivity index (χ4v) is 0.951. The number of allylic oxidation sites excluding steroid dienone is 1. The molecule has 66 valence electrons. The van der Waals surface area contributed by atoms with E-state index < -0.39 is 10.1 Å². The van der Waals surface area contributed by atoms with Crippen LogP contribution in [0.5, 0.6) is 0 Å². The lowest BCUT2D eigenvalue weighted by atomic mass is 10.3. The molecular weight excluding hydrogens is 164 g/mol. The summed E-state index contributed by atoms with van der Waals surface area (Å²) in [5.41, 5.74) is 0. The smallest absolute Gasteiger partial charge is 0.264 e. The lowest BCUT2D eigenvalue weighted by Gasteiger charge is -1.95. The zero-order chi connectivity index (χ0) is 8.74. The molecule has 0 aromatic heterocycles. The molecule has 0 radical (unpaired) electrons. The van der Waals surface area contributed by atoms with Gasteiger partial charge < -0.3 is 0 Å². The van der Waals surface area contributed by atoms with E-state index in [9.17, 15) is 8.42 Å². The summed E-state index contributed by atoms with van der Waals surface area (Å²) in [7, 11) is -3.25. The molecule has 0 aliphatic heterocycles. The fraction of sp³-hybridized carbons (Fsp3) is 0.714. The van der Waals surface area contributed by atoms with E-state index in [1.807, 2.05) is 19.1 Å². The van der Waals surface area contributed by atoms with Crippen LogP contribution in [0.2, 0.25) is 0 Å². The average molecular weight is 178 g/mol. The van der Waals surface area contributed by atoms with Gasteiger partial charge in [0.15, 0.2) is 0 Å². The third-order valence-corrected chi connectivity index (χ3v) is 1.58. The Kier molecular flexibility index (Phi) is 5.15. The molecule has 0 aliphatic rings. The van der Waals surface area contributed by atoms with Crippen LogP contribution >= 0.6 is 0 Å². The van der Waals surface area contributed by atoms with Crippen molar-refractivity contribution in [1.29, 1.82) is 0 Å². The maximum Gasteiger partial charge on any atom is 0.264 e. The van der Waals surface area contributed by atoms with Crippen molar-refractivity contribution in [2.24, 2.45) is 0 Å². The van der Waals surface area contributed by atoms with Gasteiger partial charge in [0.1, 0.15) is 0 Å². The zero-order valence-electron chi connectivity index (χ0n) is 6.91. The Morgan fingerprint density at radius 3 is 2.45 bits per heavy atom. The molecule has 0 N–H and O–H groups in total. The van der Waals surface area contributed by atoms with Crippen molar-refractivity contribution in [3.8, 4) is 0 Å². The third kappa shape index (κ3) is 9.65. The molecule has 3 nitrogen and oxygen atoms in total. The Hall–Kier alpha value is -0.350. The van der Waals surface area contributed by atoms with Gasteiger partial charge >= 0.3 is 0 Å². The highest BCUT2D eigenvalue weighted by Crippen LogP contribution is 1.91. The van der Waals surface area contributed by atoms with Crippen LogP contribution in [0.1, 0.15) is 19.8 Å². The van der Waals surface area contributed by atoms with Gasteiger partial charge in [0.25, 0.3) is 10.1 Å². The van der Waals surface area contributed by atoms with E-state index >= 15 is 0 Å². The summed E-state index contributed by atoms with van der Waals surface area (Å²) in [4.78, 5) is 0. The number of rotatable bonds is 5. The predicted octanol–water partition coefficient (Wildman–Crippen LogP) is 1.32. The molecule has 0 amide bonds. The van der Waals surface area contributed by atoms with Gasteiger partial charge in [-0.1, -0.05) is 19.1 Å². The highest BCUT2D eigenvalue weighted by molar-refractivity contribution is 7.85. The summed E-state index contributed by atoms with van der Waals surface area (Å²) in [5.74, 6) is 0. The van der Waals surface area contributed by atoms with E-state index in [4.69, 9.17) is 0 Å². The Balaban J connectivity index is 3.36. The molecule has 4 heteroatoms. The van der Waals surface area contributed by atoms with Gasteiger partial charge in [-0.05, 0) is 12.8 Å². The van der Waals surface area contributed by atoms with Gasteiger partial charge in [-0.25, -0.2) is 0 Å². The Labute approximate surface area is 68.2 Å². The van der Waals surface area contributed by atoms with E-state index in [2.05, 4.69) is 4.18 Å². The second-order valence-corrected chi connectivity index (χ2v) is 3.84. The molecule has 0 spiro atoms. The normalized spacial score (nSPS) is 12.5. The topological polar surface area (TPSA) is 43.4 Å². The highest BCUT2D eigenvalue weighted by atomic mass is 32.2. The van der Waals surface area contributed by atoms with Crippen LogP contribution in [-0.4, -0.2) is 21.3 Å². The SMILES string of the molecule is CC/C=C/CCOS(C)(=O)=O. The average Bonchev–Trinajstić information content (AvgIpc) is 1.85. The summed E-state index contributed by atoms with van der Waals surface area (Å²) >= 11 is 0. The highest BCUT2D eigenvalue weighted by Gasteiger charge is 1.97. The third-order valence-electron chi connectivity index (χ3n) is 0.984. The Bertz CT molecular complexity index is 204. The van der Waals surface area contributed by atoms with Crippen LogP contribution in [0.25, 0.3) is 0 Å². The molecule has 0 aromatic carbocycles. The monoisotopic (exact) mass is 178 g/mol. The van der Waals surface area contributed by atoms with Crippen molar-refractivity contribution >= 4 is 10.1 Å². The van der Waals surface area contributed by atoms with E-state index in [1.165, 1.54) is 0 Å². The standard InChI is InChI=1S/C7H14O3S/c1-3-4-5-6-7-10-11(2,8)9/h4-5H,3,6-7H2,1-2H3/b5-4+. The van der Waals surface area contributed by atoms with E-state index in [-0.39, 0.29) is 6.61 Å². The molecule has 0 rings (SSSR count). The summed E-state index contributed by atoms with van der Waals surface area (Å²) in [5, 5.41) is 0. The van der Waals surface area contributed by atoms with Crippen LogP contribution in [0.3, 0.4) is 0 Å². The van der Waals surface area contributed by atoms with Gasteiger partial charge in [-0.15, -0.1) is 0 Å². The Morgan fingerprint density at radius 2 is 2.00 bits per heavy atom. The van der Waals surface area contributed by atoms with E-state index in [1.54, 1.807) is 0 Å². The summed E-state index contributed by atoms with van der Waals surface area (Å²) in [6.07, 6.45) is 6.56. The maximum atomic E-state index is 10.4. The van der Waals surface area contributed by atoms with Crippen LogP contribution in [-0.2, 0) is 14.3 Å². The van der Waals surface area contributed by atoms with Gasteiger partial charge in [-0.3, -0.25) is 4.18 Å². The van der Waals surface area contributed by atoms with E-state index in [0.29, 0.717) is 6.42 Å². The van der Waals surface area contributed by atoms with Crippen molar-refractivity contribution in [3.63, 3.8) is 0 Å². The van der Waals surface area contributed by atoms with Gasteiger partial charge in [0.2, 0.25) is 0 Å². The van der Waals surface area contributed by atoms with Gasteiger partial charge in [0.05, 0.1) is 12.9 Å². The first-order chi connectivity index (χ1) is 5.06. The molecule has 0 saturated heterocycles. The van der Waals surface area contributed by atoms with Crippen molar-refractivity contribution in [2.75, 3.05) is 12.9 Å². The molecule has 11 heavy (non-hydrogen) atoms. The molecule has 0 unspecified atom stereocenters. The summed E-state index contributed by atoms with van der Waals surface area (Å²) in [6, 6.07) is 0. The molecular formula is C7H14O3S. The first-order valence-corrected chi connectivity index (χ1v) is 5.37. The van der Waals surface area contributed by atoms with Crippen molar-refractivity contribution < 1.29 is 12.6 Å². The second kappa shape index (κ2) is 5.32. The molecule has 0 aromatic rings. The maximum absolute atomic E-state index is 10.4. The first-order valence-electron chi connectivity index (χ1n) is 3.55. The molecule has 0 saturated carbocycles. The lowest BCUT2D eigenvalue weighted by Crippen LogP contribution is -2.02. The van der Waals surface area contributed by atoms with Crippen LogP contribution in [0.4, 0.5) is 0 Å². The first kappa shape index (κ1) is 10.7. The van der Waals surface area contributed by atoms with E-state index in [0.717, 1.165) is 12.7 Å². The fourth-order valence-electron chi connectivity index (χ4n) is 0.552. The number of hydrogen-bond acceptors (Lipinski definition) is 3. The van der Waals surface area contributed by atoms with Crippen LogP contribution < -0.4 is 0 Å². The minimum atomic E-state index is -3.25. The Morgan fingerprint density at radius 1 is 1.36 bits per heavy atom. The zero-order valence-corrected chi connectivity index (χ0v) is 7.73. The number of hydrogen-bond donors (Lipinski definition) is 0. The van der Waals surface area contributed by atoms with Gasteiger partial charge in [-0.2, -0.15) is 8.42 Å². The minimum Gasteiger partial charge on any atom is -0.270 e.